The molecule has 4 heteroatoms. The molecule has 0 aliphatic heterocycles. The quantitative estimate of drug-likeness (QED) is 0.907. The van der Waals surface area contributed by atoms with Crippen LogP contribution >= 0.6 is 27.5 Å². The van der Waals surface area contributed by atoms with Gasteiger partial charge in [-0.2, -0.15) is 0 Å². The first-order chi connectivity index (χ1) is 8.16. The van der Waals surface area contributed by atoms with E-state index in [-0.39, 0.29) is 0 Å². The van der Waals surface area contributed by atoms with E-state index in [4.69, 9.17) is 11.6 Å². The molecule has 0 saturated carbocycles. The fourth-order valence-corrected chi connectivity index (χ4v) is 1.89. The zero-order valence-corrected chi connectivity index (χ0v) is 11.7. The lowest BCUT2D eigenvalue weighted by Crippen LogP contribution is -2.02. The number of hydrogen-bond acceptors (Lipinski definition) is 2. The summed E-state index contributed by atoms with van der Waals surface area (Å²) in [5, 5.41) is 4.03. The molecule has 0 atom stereocenters. The van der Waals surface area contributed by atoms with E-state index in [1.165, 1.54) is 0 Å². The van der Waals surface area contributed by atoms with Gasteiger partial charge in [0.15, 0.2) is 0 Å². The van der Waals surface area contributed by atoms with Crippen molar-refractivity contribution in [1.29, 1.82) is 0 Å². The van der Waals surface area contributed by atoms with Gasteiger partial charge in [0.25, 0.3) is 0 Å². The second-order valence-corrected chi connectivity index (χ2v) is 4.97. The smallest absolute Gasteiger partial charge is 0.126 e. The summed E-state index contributed by atoms with van der Waals surface area (Å²) < 4.78 is 1.01. The predicted molar refractivity (Wildman–Crippen MR) is 75.5 cm³/mol. The van der Waals surface area contributed by atoms with Gasteiger partial charge in [-0.15, -0.1) is 0 Å². The van der Waals surface area contributed by atoms with Crippen molar-refractivity contribution in [2.45, 2.75) is 13.5 Å². The molecular weight excluding hydrogens is 300 g/mol. The molecule has 0 aliphatic carbocycles. The van der Waals surface area contributed by atoms with Gasteiger partial charge < -0.3 is 5.32 Å². The van der Waals surface area contributed by atoms with Gasteiger partial charge in [0.05, 0.1) is 5.69 Å². The first-order valence-corrected chi connectivity index (χ1v) is 6.44. The van der Waals surface area contributed by atoms with Crippen LogP contribution in [-0.2, 0) is 6.54 Å². The second kappa shape index (κ2) is 5.52. The van der Waals surface area contributed by atoms with E-state index in [0.29, 0.717) is 6.54 Å². The Kier molecular flexibility index (Phi) is 4.02. The third kappa shape index (κ3) is 3.20. The van der Waals surface area contributed by atoms with Crippen LogP contribution in [0.2, 0.25) is 5.02 Å². The molecule has 1 aromatic carbocycles. The number of pyridine rings is 1. The summed E-state index contributed by atoms with van der Waals surface area (Å²) in [7, 11) is 0. The number of halogens is 2. The maximum absolute atomic E-state index is 6.08. The Morgan fingerprint density at radius 1 is 1.24 bits per heavy atom. The average Bonchev–Trinajstić information content (AvgIpc) is 2.32. The number of rotatable bonds is 3. The standard InChI is InChI=1S/C13H12BrClN2/c1-9-11(14)6-7-13(17-9)16-8-10-4-2-3-5-12(10)15/h2-7H,8H2,1H3,(H,16,17). The Balaban J connectivity index is 2.08. The van der Waals surface area contributed by atoms with Gasteiger partial charge in [0.2, 0.25) is 0 Å². The molecule has 1 N–H and O–H groups in total. The molecule has 0 amide bonds. The lowest BCUT2D eigenvalue weighted by molar-refractivity contribution is 1.08. The van der Waals surface area contributed by atoms with Gasteiger partial charge in [-0.25, -0.2) is 4.98 Å². The minimum atomic E-state index is 0.674. The van der Waals surface area contributed by atoms with Crippen LogP contribution in [-0.4, -0.2) is 4.98 Å². The van der Waals surface area contributed by atoms with Gasteiger partial charge in [-0.05, 0) is 46.6 Å². The Bertz CT molecular complexity index is 529. The van der Waals surface area contributed by atoms with Gasteiger partial charge in [-0.3, -0.25) is 0 Å². The summed E-state index contributed by atoms with van der Waals surface area (Å²) in [6, 6.07) is 11.7. The Morgan fingerprint density at radius 3 is 2.71 bits per heavy atom. The maximum Gasteiger partial charge on any atom is 0.126 e. The second-order valence-electron chi connectivity index (χ2n) is 3.71. The van der Waals surface area contributed by atoms with Crippen molar-refractivity contribution in [3.05, 3.63) is 57.2 Å². The topological polar surface area (TPSA) is 24.9 Å². The van der Waals surface area contributed by atoms with Crippen LogP contribution in [0.25, 0.3) is 0 Å². The average molecular weight is 312 g/mol. The molecule has 0 radical (unpaired) electrons. The van der Waals surface area contributed by atoms with Crippen LogP contribution < -0.4 is 5.32 Å². The Morgan fingerprint density at radius 2 is 2.00 bits per heavy atom. The lowest BCUT2D eigenvalue weighted by atomic mass is 10.2. The summed E-state index contributed by atoms with van der Waals surface area (Å²) in [5.41, 5.74) is 2.03. The van der Waals surface area contributed by atoms with Crippen LogP contribution in [0, 0.1) is 6.92 Å². The normalized spacial score (nSPS) is 10.3. The Labute approximate surface area is 114 Å². The van der Waals surface area contributed by atoms with Crippen LogP contribution in [0.4, 0.5) is 5.82 Å². The number of benzene rings is 1. The molecule has 1 heterocycles. The zero-order chi connectivity index (χ0) is 12.3. The molecule has 2 rings (SSSR count). The summed E-state index contributed by atoms with van der Waals surface area (Å²) in [4.78, 5) is 4.42. The van der Waals surface area contributed by atoms with E-state index in [1.807, 2.05) is 43.3 Å². The number of aromatic nitrogens is 1. The van der Waals surface area contributed by atoms with Crippen molar-refractivity contribution in [2.75, 3.05) is 5.32 Å². The van der Waals surface area contributed by atoms with E-state index in [0.717, 1.165) is 26.6 Å². The number of aryl methyl sites for hydroxylation is 1. The summed E-state index contributed by atoms with van der Waals surface area (Å²) in [5.74, 6) is 0.852. The van der Waals surface area contributed by atoms with Gasteiger partial charge >= 0.3 is 0 Å². The van der Waals surface area contributed by atoms with Gasteiger partial charge in [0, 0.05) is 16.0 Å². The highest BCUT2D eigenvalue weighted by molar-refractivity contribution is 9.10. The number of nitrogens with zero attached hydrogens (tertiary/aromatic N) is 1. The maximum atomic E-state index is 6.08. The highest BCUT2D eigenvalue weighted by atomic mass is 79.9. The molecule has 88 valence electrons. The zero-order valence-electron chi connectivity index (χ0n) is 9.37. The summed E-state index contributed by atoms with van der Waals surface area (Å²) in [6.07, 6.45) is 0. The van der Waals surface area contributed by atoms with Crippen molar-refractivity contribution in [3.8, 4) is 0 Å². The van der Waals surface area contributed by atoms with E-state index >= 15 is 0 Å². The van der Waals surface area contributed by atoms with Crippen LogP contribution in [0.5, 0.6) is 0 Å². The minimum absolute atomic E-state index is 0.674. The number of hydrogen-bond donors (Lipinski definition) is 1. The molecule has 17 heavy (non-hydrogen) atoms. The van der Waals surface area contributed by atoms with E-state index < -0.39 is 0 Å². The molecule has 0 aliphatic rings. The molecule has 0 unspecified atom stereocenters. The lowest BCUT2D eigenvalue weighted by Gasteiger charge is -2.08. The third-order valence-corrected chi connectivity index (χ3v) is 3.65. The SMILES string of the molecule is Cc1nc(NCc2ccccc2Cl)ccc1Br. The Hall–Kier alpha value is -1.06. The van der Waals surface area contributed by atoms with Crippen molar-refractivity contribution in [2.24, 2.45) is 0 Å². The molecule has 2 aromatic rings. The van der Waals surface area contributed by atoms with Gasteiger partial charge in [0.1, 0.15) is 5.82 Å². The molecule has 0 bridgehead atoms. The fourth-order valence-electron chi connectivity index (χ4n) is 1.47. The first-order valence-electron chi connectivity index (χ1n) is 5.27. The molecular formula is C13H12BrClN2. The van der Waals surface area contributed by atoms with E-state index in [2.05, 4.69) is 26.2 Å². The predicted octanol–water partition coefficient (Wildman–Crippen LogP) is 4.42. The fraction of sp³-hybridized carbons (Fsp3) is 0.154. The third-order valence-electron chi connectivity index (χ3n) is 2.44. The van der Waals surface area contributed by atoms with E-state index in [9.17, 15) is 0 Å². The van der Waals surface area contributed by atoms with Crippen molar-refractivity contribution >= 4 is 33.3 Å². The monoisotopic (exact) mass is 310 g/mol. The largest absolute Gasteiger partial charge is 0.366 e. The minimum Gasteiger partial charge on any atom is -0.366 e. The summed E-state index contributed by atoms with van der Waals surface area (Å²) >= 11 is 9.50. The highest BCUT2D eigenvalue weighted by Crippen LogP contribution is 2.19. The van der Waals surface area contributed by atoms with Crippen molar-refractivity contribution in [1.82, 2.24) is 4.98 Å². The van der Waals surface area contributed by atoms with Crippen LogP contribution in [0.1, 0.15) is 11.3 Å². The van der Waals surface area contributed by atoms with Crippen molar-refractivity contribution < 1.29 is 0 Å². The molecule has 0 spiro atoms. The number of nitrogens with one attached hydrogen (secondary N) is 1. The van der Waals surface area contributed by atoms with Crippen molar-refractivity contribution in [3.63, 3.8) is 0 Å². The molecule has 2 nitrogen and oxygen atoms in total. The molecule has 0 fully saturated rings. The highest BCUT2D eigenvalue weighted by Gasteiger charge is 2.01. The molecule has 1 aromatic heterocycles. The van der Waals surface area contributed by atoms with Crippen LogP contribution in [0.3, 0.4) is 0 Å². The van der Waals surface area contributed by atoms with Crippen LogP contribution in [0.15, 0.2) is 40.9 Å². The number of anilines is 1. The van der Waals surface area contributed by atoms with E-state index in [1.54, 1.807) is 0 Å². The first kappa shape index (κ1) is 12.4. The molecule has 0 saturated heterocycles. The summed E-state index contributed by atoms with van der Waals surface area (Å²) in [6.45, 7) is 2.64. The van der Waals surface area contributed by atoms with Gasteiger partial charge in [-0.1, -0.05) is 29.8 Å².